The molecule has 1 aromatic rings. The van der Waals surface area contributed by atoms with E-state index in [0.29, 0.717) is 6.61 Å². The second-order valence-corrected chi connectivity index (χ2v) is 4.60. The van der Waals surface area contributed by atoms with Crippen molar-refractivity contribution in [1.82, 2.24) is 0 Å². The lowest BCUT2D eigenvalue weighted by molar-refractivity contribution is 0.0265. The summed E-state index contributed by atoms with van der Waals surface area (Å²) in [6.07, 6.45) is 2.06. The minimum Gasteiger partial charge on any atom is -0.491 e. The van der Waals surface area contributed by atoms with Gasteiger partial charge in [0.05, 0.1) is 12.2 Å². The van der Waals surface area contributed by atoms with E-state index in [2.05, 4.69) is 0 Å². The van der Waals surface area contributed by atoms with E-state index >= 15 is 0 Å². The van der Waals surface area contributed by atoms with Crippen LogP contribution in [0, 0.1) is 0 Å². The molecule has 1 aliphatic heterocycles. The van der Waals surface area contributed by atoms with E-state index in [4.69, 9.17) is 9.47 Å². The molecular weight excluding hydrogens is 244 g/mol. The zero-order chi connectivity index (χ0) is 13.2. The summed E-state index contributed by atoms with van der Waals surface area (Å²) in [4.78, 5) is 0. The fourth-order valence-corrected chi connectivity index (χ4v) is 2.00. The Hall–Kier alpha value is -1.17. The number of halogens is 3. The van der Waals surface area contributed by atoms with Crippen molar-refractivity contribution in [1.29, 1.82) is 0 Å². The molecule has 0 radical (unpaired) electrons. The third kappa shape index (κ3) is 3.42. The first-order chi connectivity index (χ1) is 8.45. The van der Waals surface area contributed by atoms with Gasteiger partial charge in [-0.05, 0) is 31.9 Å². The van der Waals surface area contributed by atoms with Crippen molar-refractivity contribution in [3.05, 3.63) is 24.3 Å². The van der Waals surface area contributed by atoms with Crippen LogP contribution in [0.15, 0.2) is 24.3 Å². The van der Waals surface area contributed by atoms with E-state index in [-0.39, 0.29) is 18.0 Å². The number of hydrogen-bond donors (Lipinski definition) is 0. The van der Waals surface area contributed by atoms with Crippen molar-refractivity contribution >= 4 is 12.4 Å². The van der Waals surface area contributed by atoms with E-state index in [1.807, 2.05) is 6.92 Å². The van der Waals surface area contributed by atoms with Gasteiger partial charge in [-0.25, -0.2) is 0 Å². The van der Waals surface area contributed by atoms with Crippen LogP contribution in [0.4, 0.5) is 12.9 Å². The minimum absolute atomic E-state index is 0.0138. The van der Waals surface area contributed by atoms with Crippen LogP contribution in [-0.2, 0) is 4.74 Å². The maximum atomic E-state index is 12.5. The van der Waals surface area contributed by atoms with Crippen molar-refractivity contribution in [2.75, 3.05) is 6.61 Å². The summed E-state index contributed by atoms with van der Waals surface area (Å²) in [7, 11) is 0. The summed E-state index contributed by atoms with van der Waals surface area (Å²) in [6.45, 7) is -2.69. The highest BCUT2D eigenvalue weighted by molar-refractivity contribution is 6.73. The van der Waals surface area contributed by atoms with Gasteiger partial charge in [-0.1, -0.05) is 12.1 Å². The van der Waals surface area contributed by atoms with Crippen molar-refractivity contribution in [3.63, 3.8) is 0 Å². The van der Waals surface area contributed by atoms with Gasteiger partial charge in [-0.15, -0.1) is 5.46 Å². The highest BCUT2D eigenvalue weighted by Crippen LogP contribution is 2.20. The molecule has 1 saturated heterocycles. The topological polar surface area (TPSA) is 18.5 Å². The molecule has 100 valence electrons. The van der Waals surface area contributed by atoms with Gasteiger partial charge in [-0.2, -0.15) is 0 Å². The molecule has 0 saturated carbocycles. The quantitative estimate of drug-likeness (QED) is 0.774. The Balaban J connectivity index is 1.93. The van der Waals surface area contributed by atoms with Crippen molar-refractivity contribution in [2.24, 2.45) is 0 Å². The number of hydrogen-bond acceptors (Lipinski definition) is 2. The van der Waals surface area contributed by atoms with Gasteiger partial charge in [0.2, 0.25) is 0 Å². The van der Waals surface area contributed by atoms with Crippen LogP contribution in [0.1, 0.15) is 19.8 Å². The Labute approximate surface area is 104 Å². The van der Waals surface area contributed by atoms with Crippen LogP contribution in [0.25, 0.3) is 0 Å². The predicted molar refractivity (Wildman–Crippen MR) is 64.2 cm³/mol. The van der Waals surface area contributed by atoms with Crippen molar-refractivity contribution in [3.8, 4) is 5.75 Å². The molecule has 0 N–H and O–H groups in total. The van der Waals surface area contributed by atoms with E-state index in [1.54, 1.807) is 0 Å². The lowest BCUT2D eigenvalue weighted by atomic mass is 9.80. The molecule has 0 amide bonds. The molecule has 0 aromatic heterocycles. The van der Waals surface area contributed by atoms with Crippen LogP contribution in [0.5, 0.6) is 5.75 Å². The van der Waals surface area contributed by atoms with Gasteiger partial charge in [0.25, 0.3) is 0 Å². The summed E-state index contributed by atoms with van der Waals surface area (Å²) in [5.74, 6) is 0.245. The normalized spacial score (nSPS) is 24.2. The molecule has 1 aromatic carbocycles. The van der Waals surface area contributed by atoms with Gasteiger partial charge < -0.3 is 22.4 Å². The second kappa shape index (κ2) is 5.22. The lowest BCUT2D eigenvalue weighted by Gasteiger charge is -2.17. The third-order valence-electron chi connectivity index (χ3n) is 2.99. The minimum atomic E-state index is -4.97. The zero-order valence-electron chi connectivity index (χ0n) is 10.1. The molecule has 1 fully saturated rings. The SMILES string of the molecule is CC1CCC(COc2cccc([B-](F)(F)F)c2)O1. The summed E-state index contributed by atoms with van der Waals surface area (Å²) in [5, 5.41) is 0. The Bertz CT molecular complexity index is 409. The van der Waals surface area contributed by atoms with Gasteiger partial charge in [0.15, 0.2) is 0 Å². The highest BCUT2D eigenvalue weighted by atomic mass is 19.4. The van der Waals surface area contributed by atoms with Crippen molar-refractivity contribution < 1.29 is 22.4 Å². The first-order valence-electron chi connectivity index (χ1n) is 6.03. The first-order valence-corrected chi connectivity index (χ1v) is 6.03. The van der Waals surface area contributed by atoms with E-state index in [0.717, 1.165) is 25.0 Å². The Morgan fingerprint density at radius 2 is 2.11 bits per heavy atom. The average molecular weight is 259 g/mol. The summed E-state index contributed by atoms with van der Waals surface area (Å²) in [5.41, 5.74) is -0.631. The average Bonchev–Trinajstić information content (AvgIpc) is 2.72. The van der Waals surface area contributed by atoms with E-state index < -0.39 is 12.4 Å². The lowest BCUT2D eigenvalue weighted by Crippen LogP contribution is -2.33. The number of benzene rings is 1. The van der Waals surface area contributed by atoms with E-state index in [1.165, 1.54) is 12.1 Å². The first kappa shape index (κ1) is 13.3. The second-order valence-electron chi connectivity index (χ2n) is 4.60. The predicted octanol–water partition coefficient (Wildman–Crippen LogP) is 2.69. The molecule has 1 aliphatic rings. The molecule has 6 heteroatoms. The van der Waals surface area contributed by atoms with Crippen LogP contribution in [0.2, 0.25) is 0 Å². The molecule has 2 atom stereocenters. The molecule has 2 rings (SSSR count). The van der Waals surface area contributed by atoms with Crippen molar-refractivity contribution in [2.45, 2.75) is 32.0 Å². The summed E-state index contributed by atoms with van der Waals surface area (Å²) in [6, 6.07) is 4.99. The van der Waals surface area contributed by atoms with Crippen LogP contribution in [-0.4, -0.2) is 25.8 Å². The smallest absolute Gasteiger partial charge is 0.491 e. The fourth-order valence-electron chi connectivity index (χ4n) is 2.00. The largest absolute Gasteiger partial charge is 0.509 e. The molecule has 18 heavy (non-hydrogen) atoms. The van der Waals surface area contributed by atoms with E-state index in [9.17, 15) is 12.9 Å². The monoisotopic (exact) mass is 259 g/mol. The summed E-state index contributed by atoms with van der Waals surface area (Å²) < 4.78 is 48.5. The zero-order valence-corrected chi connectivity index (χ0v) is 10.1. The Kier molecular flexibility index (Phi) is 3.85. The highest BCUT2D eigenvalue weighted by Gasteiger charge is 2.26. The molecule has 1 heterocycles. The standard InChI is InChI=1S/C12H15BF3O2/c1-9-5-6-12(18-9)8-17-11-4-2-3-10(7-11)13(14,15)16/h2-4,7,9,12H,5-6,8H2,1H3/q-1. The number of rotatable bonds is 4. The maximum absolute atomic E-state index is 12.5. The van der Waals surface area contributed by atoms with Gasteiger partial charge >= 0.3 is 6.98 Å². The Morgan fingerprint density at radius 3 is 2.72 bits per heavy atom. The van der Waals surface area contributed by atoms with Gasteiger partial charge in [-0.3, -0.25) is 0 Å². The molecule has 0 spiro atoms. The third-order valence-corrected chi connectivity index (χ3v) is 2.99. The number of ether oxygens (including phenoxy) is 2. The molecule has 0 aliphatic carbocycles. The van der Waals surface area contributed by atoms with Crippen LogP contribution < -0.4 is 10.2 Å². The van der Waals surface area contributed by atoms with Crippen LogP contribution in [0.3, 0.4) is 0 Å². The van der Waals surface area contributed by atoms with Gasteiger partial charge in [0.1, 0.15) is 12.4 Å². The summed E-state index contributed by atoms with van der Waals surface area (Å²) >= 11 is 0. The molecule has 2 nitrogen and oxygen atoms in total. The Morgan fingerprint density at radius 1 is 1.33 bits per heavy atom. The van der Waals surface area contributed by atoms with Crippen LogP contribution >= 0.6 is 0 Å². The van der Waals surface area contributed by atoms with Gasteiger partial charge in [0, 0.05) is 0 Å². The molecule has 0 bridgehead atoms. The molecular formula is C12H15BF3O2-. The fraction of sp³-hybridized carbons (Fsp3) is 0.500. The molecule has 2 unspecified atom stereocenters. The maximum Gasteiger partial charge on any atom is 0.509 e.